The lowest BCUT2D eigenvalue weighted by Gasteiger charge is -2.34. The van der Waals surface area contributed by atoms with Crippen molar-refractivity contribution in [1.29, 1.82) is 0 Å². The highest BCUT2D eigenvalue weighted by atomic mass is 35.5. The summed E-state index contributed by atoms with van der Waals surface area (Å²) in [5.41, 5.74) is 7.05. The summed E-state index contributed by atoms with van der Waals surface area (Å²) in [5, 5.41) is 6.82. The first-order valence-corrected chi connectivity index (χ1v) is 16.0. The molecule has 7 nitrogen and oxygen atoms in total. The summed E-state index contributed by atoms with van der Waals surface area (Å²) in [6.07, 6.45) is 5.89. The van der Waals surface area contributed by atoms with Crippen LogP contribution in [0.1, 0.15) is 91.3 Å². The minimum Gasteiger partial charge on any atom is -0.298 e. The molecule has 2 N–H and O–H groups in total. The van der Waals surface area contributed by atoms with Gasteiger partial charge in [-0.2, -0.15) is 5.10 Å². The van der Waals surface area contributed by atoms with Gasteiger partial charge in [-0.25, -0.2) is 4.68 Å². The molecule has 1 unspecified atom stereocenters. The van der Waals surface area contributed by atoms with Crippen molar-refractivity contribution in [2.45, 2.75) is 85.5 Å². The van der Waals surface area contributed by atoms with Crippen LogP contribution in [0.5, 0.6) is 0 Å². The summed E-state index contributed by atoms with van der Waals surface area (Å²) < 4.78 is 1.72. The number of nitrogens with zero attached hydrogens (tertiary/aromatic N) is 2. The van der Waals surface area contributed by atoms with E-state index >= 15 is 0 Å². The Morgan fingerprint density at radius 3 is 2.00 bits per heavy atom. The Hall–Kier alpha value is -3.45. The van der Waals surface area contributed by atoms with Gasteiger partial charge in [-0.1, -0.05) is 77.9 Å². The fourth-order valence-corrected chi connectivity index (χ4v) is 8.66. The van der Waals surface area contributed by atoms with Gasteiger partial charge in [0.25, 0.3) is 5.56 Å². The molecule has 4 bridgehead atoms. The topological polar surface area (TPSA) is 96.3 Å². The third-order valence-electron chi connectivity index (χ3n) is 11.9. The second-order valence-corrected chi connectivity index (χ2v) is 14.6. The molecule has 0 saturated heterocycles. The first-order valence-electron chi connectivity index (χ1n) is 15.7. The first-order chi connectivity index (χ1) is 20.7. The zero-order valence-electron chi connectivity index (χ0n) is 26.9. The Labute approximate surface area is 265 Å². The zero-order chi connectivity index (χ0) is 32.1. The number of aromatic amines is 1. The molecular formula is C36H45ClN4O3. The number of anilines is 1. The monoisotopic (exact) mass is 616 g/mol. The average Bonchev–Trinajstić information content (AvgIpc) is 3.64. The molecule has 0 spiro atoms. The van der Waals surface area contributed by atoms with Crippen LogP contribution in [0.4, 0.5) is 5.69 Å². The second-order valence-electron chi connectivity index (χ2n) is 14.2. The summed E-state index contributed by atoms with van der Waals surface area (Å²) in [7, 11) is 0. The summed E-state index contributed by atoms with van der Waals surface area (Å²) in [6, 6.07) is 19.7. The van der Waals surface area contributed by atoms with Crippen molar-refractivity contribution in [3.05, 3.63) is 82.3 Å². The van der Waals surface area contributed by atoms with E-state index in [0.717, 1.165) is 36.2 Å². The summed E-state index contributed by atoms with van der Waals surface area (Å²) in [5.74, 6) is 0.0883. The van der Waals surface area contributed by atoms with Gasteiger partial charge in [-0.15, -0.1) is 0 Å². The average molecular weight is 617 g/mol. The van der Waals surface area contributed by atoms with Crippen molar-refractivity contribution in [3.63, 3.8) is 0 Å². The van der Waals surface area contributed by atoms with E-state index in [-0.39, 0.29) is 38.9 Å². The number of carbonyl (C=O) groups is 2. The summed E-state index contributed by atoms with van der Waals surface area (Å²) >= 11 is 5.50. The summed E-state index contributed by atoms with van der Waals surface area (Å²) in [4.78, 5) is 36.1. The highest BCUT2D eigenvalue weighted by Gasteiger charge is 2.67. The molecule has 0 aliphatic heterocycles. The van der Waals surface area contributed by atoms with Gasteiger partial charge in [0.2, 0.25) is 5.24 Å². The molecule has 44 heavy (non-hydrogen) atoms. The second kappa shape index (κ2) is 11.5. The highest BCUT2D eigenvalue weighted by Crippen LogP contribution is 2.67. The van der Waals surface area contributed by atoms with E-state index in [1.807, 2.05) is 74.5 Å². The number of Topliss-reactive ketones (excluding diaryl/α,β-unsaturated/α-hetero) is 1. The van der Waals surface area contributed by atoms with E-state index in [0.29, 0.717) is 5.92 Å². The van der Waals surface area contributed by atoms with Crippen molar-refractivity contribution in [1.82, 2.24) is 9.78 Å². The molecule has 7 rings (SSSR count). The van der Waals surface area contributed by atoms with Crippen LogP contribution in [-0.2, 0) is 15.0 Å². The number of nitrogens with one attached hydrogen (secondary N) is 2. The number of H-pyrrole nitrogens is 1. The third-order valence-corrected chi connectivity index (χ3v) is 12.2. The molecular weight excluding hydrogens is 572 g/mol. The van der Waals surface area contributed by atoms with Crippen molar-refractivity contribution in [2.24, 2.45) is 33.2 Å². The SMILES string of the molecule is C/C=N\Nc1ccccc1.CC1(C)[C@@H]2CC[C@@]1(C)C(=O)C2C(=O)Cl.CC1(C)[C@@H]2CC[C@@]1(C)c1[nH]n(-c3ccccc3)c(=O)c12. The van der Waals surface area contributed by atoms with Gasteiger partial charge >= 0.3 is 0 Å². The fraction of sp³-hybridized carbons (Fsp3) is 0.500. The van der Waals surface area contributed by atoms with Crippen LogP contribution >= 0.6 is 11.6 Å². The maximum Gasteiger partial charge on any atom is 0.274 e. The molecule has 4 aliphatic carbocycles. The predicted octanol–water partition coefficient (Wildman–Crippen LogP) is 7.84. The Morgan fingerprint density at radius 2 is 1.50 bits per heavy atom. The van der Waals surface area contributed by atoms with Gasteiger partial charge in [-0.3, -0.25) is 24.9 Å². The van der Waals surface area contributed by atoms with Crippen LogP contribution in [0.2, 0.25) is 0 Å². The van der Waals surface area contributed by atoms with Gasteiger partial charge in [0, 0.05) is 28.3 Å². The number of benzene rings is 2. The predicted molar refractivity (Wildman–Crippen MR) is 178 cm³/mol. The lowest BCUT2D eigenvalue weighted by atomic mass is 9.70. The van der Waals surface area contributed by atoms with E-state index in [4.69, 9.17) is 11.6 Å². The number of fused-ring (bicyclic) bond motifs is 7. The summed E-state index contributed by atoms with van der Waals surface area (Å²) in [6.45, 7) is 15.0. The number of hydrogen-bond acceptors (Lipinski definition) is 5. The molecule has 234 valence electrons. The van der Waals surface area contributed by atoms with E-state index < -0.39 is 11.2 Å². The van der Waals surface area contributed by atoms with Crippen molar-refractivity contribution in [3.8, 4) is 5.69 Å². The van der Waals surface area contributed by atoms with Crippen LogP contribution in [0.25, 0.3) is 5.69 Å². The van der Waals surface area contributed by atoms with Gasteiger partial charge in [0.15, 0.2) is 5.78 Å². The van der Waals surface area contributed by atoms with E-state index in [9.17, 15) is 14.4 Å². The molecule has 3 fully saturated rings. The van der Waals surface area contributed by atoms with E-state index in [2.05, 4.69) is 50.2 Å². The smallest absolute Gasteiger partial charge is 0.274 e. The number of aromatic nitrogens is 2. The number of hydrogen-bond donors (Lipinski definition) is 2. The molecule has 0 radical (unpaired) electrons. The van der Waals surface area contributed by atoms with Crippen molar-refractivity contribution in [2.75, 3.05) is 5.43 Å². The number of halogens is 1. The molecule has 1 aromatic heterocycles. The van der Waals surface area contributed by atoms with Gasteiger partial charge in [0.1, 0.15) is 0 Å². The van der Waals surface area contributed by atoms with Crippen molar-refractivity contribution < 1.29 is 9.59 Å². The Kier molecular flexibility index (Phi) is 8.34. The zero-order valence-corrected chi connectivity index (χ0v) is 27.7. The standard InChI is InChI=1S/C17H20N2O.C11H15ClO2.C8H10N2/c1-16(2)12-9-10-17(16,3)14-13(12)15(20)19(18-14)11-7-5-4-6-8-11;1-10(2)6-4-5-11(10,3)8(13)7(6)9(12)14;1-2-9-10-8-6-4-3-5-7-8/h4-8,12,18H,9-10H2,1-3H3;6-7H,4-5H2,1-3H3;2-7,10H,1H3/b;;9-2-/t12-,17+;6-,7?,11+;/m11./s1. The third kappa shape index (κ3) is 4.79. The lowest BCUT2D eigenvalue weighted by molar-refractivity contribution is -0.135. The molecule has 5 atom stereocenters. The van der Waals surface area contributed by atoms with E-state index in [1.54, 1.807) is 10.9 Å². The molecule has 8 heteroatoms. The quantitative estimate of drug-likeness (QED) is 0.135. The molecule has 2 aromatic carbocycles. The molecule has 1 heterocycles. The fourth-order valence-electron chi connectivity index (χ4n) is 8.41. The minimum absolute atomic E-state index is 0.0683. The highest BCUT2D eigenvalue weighted by molar-refractivity contribution is 6.65. The number of para-hydroxylation sites is 2. The number of ketones is 1. The number of rotatable bonds is 4. The van der Waals surface area contributed by atoms with E-state index in [1.165, 1.54) is 12.1 Å². The van der Waals surface area contributed by atoms with Gasteiger partial charge in [-0.05, 0) is 91.1 Å². The molecule has 0 amide bonds. The maximum absolute atomic E-state index is 12.8. The number of hydrazone groups is 1. The Balaban J connectivity index is 0.000000140. The first kappa shape index (κ1) is 32.0. The largest absolute Gasteiger partial charge is 0.298 e. The van der Waals surface area contributed by atoms with Crippen LogP contribution in [0.15, 0.2) is 70.6 Å². The van der Waals surface area contributed by atoms with Gasteiger partial charge < -0.3 is 0 Å². The van der Waals surface area contributed by atoms with Crippen LogP contribution < -0.4 is 11.0 Å². The van der Waals surface area contributed by atoms with Crippen molar-refractivity contribution >= 4 is 34.5 Å². The van der Waals surface area contributed by atoms with Crippen LogP contribution in [-0.4, -0.2) is 27.0 Å². The normalized spacial score (nSPS) is 29.9. The maximum atomic E-state index is 12.8. The van der Waals surface area contributed by atoms with Crippen LogP contribution in [0.3, 0.4) is 0 Å². The Bertz CT molecular complexity index is 1620. The molecule has 3 saturated carbocycles. The minimum atomic E-state index is -0.537. The van der Waals surface area contributed by atoms with Crippen LogP contribution in [0, 0.1) is 28.1 Å². The molecule has 4 aliphatic rings. The lowest BCUT2D eigenvalue weighted by Crippen LogP contribution is -2.34. The number of carbonyl (C=O) groups excluding carboxylic acids is 2. The Morgan fingerprint density at radius 1 is 0.909 bits per heavy atom. The molecule has 3 aromatic rings. The van der Waals surface area contributed by atoms with Gasteiger partial charge in [0.05, 0.1) is 17.3 Å².